The monoisotopic (exact) mass is 396 g/mol. The molecule has 0 aromatic rings. The molecule has 0 amide bonds. The highest BCUT2D eigenvalue weighted by Gasteiger charge is 2.45. The van der Waals surface area contributed by atoms with E-state index in [0.29, 0.717) is 13.0 Å². The Morgan fingerprint density at radius 3 is 2.56 bits per heavy atom. The molecule has 152 valence electrons. The molecular weight excluding hydrogens is 364 g/mol. The highest BCUT2D eigenvalue weighted by atomic mass is 31.2. The Morgan fingerprint density at radius 1 is 1.37 bits per heavy atom. The maximum Gasteiger partial charge on any atom is 0.117 e. The Balaban J connectivity index is 2.94. The van der Waals surface area contributed by atoms with Crippen molar-refractivity contribution in [3.05, 3.63) is 17.8 Å². The van der Waals surface area contributed by atoms with E-state index in [1.165, 1.54) is 0 Å². The maximum absolute atomic E-state index is 8.79. The van der Waals surface area contributed by atoms with Crippen molar-refractivity contribution in [2.75, 3.05) is 13.7 Å². The highest BCUT2D eigenvalue weighted by Crippen LogP contribution is 2.54. The number of rotatable bonds is 12. The molecule has 0 N–H and O–H groups in total. The van der Waals surface area contributed by atoms with Crippen molar-refractivity contribution in [2.24, 2.45) is 0 Å². The summed E-state index contributed by atoms with van der Waals surface area (Å²) in [5, 5.41) is 8.79. The van der Waals surface area contributed by atoms with Crippen LogP contribution in [0.3, 0.4) is 0 Å². The molecular formula is C19H32BNO5P-. The van der Waals surface area contributed by atoms with Crippen LogP contribution in [0.15, 0.2) is 12.2 Å². The average molecular weight is 396 g/mol. The maximum atomic E-state index is 8.79. The first kappa shape index (κ1) is 24.4. The van der Waals surface area contributed by atoms with Crippen molar-refractivity contribution in [1.29, 1.82) is 5.26 Å². The number of methoxy groups -OCH3 is 1. The second kappa shape index (κ2) is 12.1. The summed E-state index contributed by atoms with van der Waals surface area (Å²) in [5.74, 6) is 0. The number of ether oxygens (including phenoxy) is 3. The van der Waals surface area contributed by atoms with Gasteiger partial charge in [0.05, 0.1) is 37.4 Å². The smallest absolute Gasteiger partial charge is 0.117 e. The van der Waals surface area contributed by atoms with Gasteiger partial charge in [0.1, 0.15) is 28.4 Å². The molecule has 7 unspecified atom stereocenters. The SMILES string of the molecule is [B]C1OC(CC)C(OP(OCCC#N)[C-](C)C(=C)C)C1OC(C)C(C)OC. The lowest BCUT2D eigenvalue weighted by atomic mass is 9.92. The van der Waals surface area contributed by atoms with Crippen LogP contribution in [0.5, 0.6) is 0 Å². The summed E-state index contributed by atoms with van der Waals surface area (Å²) in [4.78, 5) is 0. The van der Waals surface area contributed by atoms with Gasteiger partial charge in [-0.05, 0) is 20.3 Å². The van der Waals surface area contributed by atoms with Gasteiger partial charge in [-0.2, -0.15) is 5.26 Å². The fourth-order valence-electron chi connectivity index (χ4n) is 2.56. The van der Waals surface area contributed by atoms with Crippen LogP contribution in [0.1, 0.15) is 47.5 Å². The summed E-state index contributed by atoms with van der Waals surface area (Å²) in [6, 6.07) is 1.49. The van der Waals surface area contributed by atoms with Gasteiger partial charge in [-0.1, -0.05) is 13.8 Å². The molecule has 0 bridgehead atoms. The molecule has 0 saturated carbocycles. The molecule has 7 atom stereocenters. The van der Waals surface area contributed by atoms with Crippen molar-refractivity contribution in [1.82, 2.24) is 0 Å². The minimum absolute atomic E-state index is 0.0874. The summed E-state index contributed by atoms with van der Waals surface area (Å²) in [5.41, 5.74) is 1.81. The standard InChI is InChI=1S/C19H32BNO5P/c1-8-16-17(18(19(20)25-16)24-14(5)13(4)22-7)26-27(15(6)12(2)3)23-11-9-10-21/h13-14,16-19H,2,8-9,11H2,1,3-7H3/q-1. The summed E-state index contributed by atoms with van der Waals surface area (Å²) in [6.07, 6.45) is -0.239. The third-order valence-electron chi connectivity index (χ3n) is 4.68. The van der Waals surface area contributed by atoms with Crippen molar-refractivity contribution in [2.45, 2.75) is 84.0 Å². The van der Waals surface area contributed by atoms with Gasteiger partial charge in [-0.3, -0.25) is 0 Å². The van der Waals surface area contributed by atoms with Crippen molar-refractivity contribution in [3.63, 3.8) is 0 Å². The largest absolute Gasteiger partial charge is 0.379 e. The van der Waals surface area contributed by atoms with Gasteiger partial charge in [0.15, 0.2) is 0 Å². The molecule has 27 heavy (non-hydrogen) atoms. The Hall–Kier alpha value is -0.605. The fraction of sp³-hybridized carbons (Fsp3) is 0.789. The summed E-state index contributed by atoms with van der Waals surface area (Å²) in [7, 11) is 6.45. The van der Waals surface area contributed by atoms with Crippen LogP contribution >= 0.6 is 8.38 Å². The first-order valence-electron chi connectivity index (χ1n) is 9.32. The van der Waals surface area contributed by atoms with Crippen LogP contribution in [0.2, 0.25) is 0 Å². The minimum Gasteiger partial charge on any atom is -0.379 e. The minimum atomic E-state index is -1.39. The van der Waals surface area contributed by atoms with Gasteiger partial charge in [-0.25, -0.2) is 12.2 Å². The number of hydrogen-bond acceptors (Lipinski definition) is 6. The lowest BCUT2D eigenvalue weighted by Gasteiger charge is -2.36. The second-order valence-corrected chi connectivity index (χ2v) is 8.38. The van der Waals surface area contributed by atoms with Gasteiger partial charge in [0.25, 0.3) is 0 Å². The highest BCUT2D eigenvalue weighted by molar-refractivity contribution is 7.51. The van der Waals surface area contributed by atoms with Crippen LogP contribution in [-0.4, -0.2) is 58.1 Å². The molecule has 1 fully saturated rings. The van der Waals surface area contributed by atoms with Crippen LogP contribution < -0.4 is 0 Å². The molecule has 1 heterocycles. The van der Waals surface area contributed by atoms with Crippen LogP contribution in [0.4, 0.5) is 0 Å². The molecule has 8 heteroatoms. The Morgan fingerprint density at radius 2 is 2.04 bits per heavy atom. The van der Waals surface area contributed by atoms with Crippen LogP contribution in [0, 0.1) is 17.0 Å². The fourth-order valence-corrected chi connectivity index (χ4v) is 4.02. The zero-order valence-corrected chi connectivity index (χ0v) is 18.2. The zero-order valence-electron chi connectivity index (χ0n) is 17.3. The molecule has 0 aliphatic carbocycles. The Kier molecular flexibility index (Phi) is 10.9. The molecule has 6 nitrogen and oxygen atoms in total. The van der Waals surface area contributed by atoms with Crippen molar-refractivity contribution >= 4 is 16.2 Å². The van der Waals surface area contributed by atoms with E-state index in [0.717, 1.165) is 17.7 Å². The van der Waals surface area contributed by atoms with Gasteiger partial charge in [0, 0.05) is 13.1 Å². The third kappa shape index (κ3) is 7.05. The van der Waals surface area contributed by atoms with Gasteiger partial charge >= 0.3 is 0 Å². The first-order valence-corrected chi connectivity index (χ1v) is 10.5. The Labute approximate surface area is 166 Å². The summed E-state index contributed by atoms with van der Waals surface area (Å²) >= 11 is 0. The number of hydrogen-bond donors (Lipinski definition) is 0. The second-order valence-electron chi connectivity index (χ2n) is 6.73. The van der Waals surface area contributed by atoms with Crippen molar-refractivity contribution in [3.8, 4) is 6.07 Å². The van der Waals surface area contributed by atoms with E-state index in [9.17, 15) is 0 Å². The van der Waals surface area contributed by atoms with Gasteiger partial charge in [-0.15, -0.1) is 12.6 Å². The number of nitriles is 1. The molecule has 1 aliphatic heterocycles. The number of nitrogens with zero attached hydrogens (tertiary/aromatic N) is 1. The average Bonchev–Trinajstić information content (AvgIpc) is 2.94. The van der Waals surface area contributed by atoms with E-state index in [-0.39, 0.29) is 24.4 Å². The van der Waals surface area contributed by atoms with E-state index >= 15 is 0 Å². The van der Waals surface area contributed by atoms with Crippen molar-refractivity contribution < 1.29 is 23.3 Å². The number of allylic oxidation sites excluding steroid dienone is 1. The lowest BCUT2D eigenvalue weighted by Crippen LogP contribution is -2.41. The molecule has 1 aliphatic rings. The summed E-state index contributed by atoms with van der Waals surface area (Å²) < 4.78 is 29.6. The third-order valence-corrected chi connectivity index (χ3v) is 6.47. The van der Waals surface area contributed by atoms with E-state index in [4.69, 9.17) is 36.4 Å². The van der Waals surface area contributed by atoms with E-state index in [2.05, 4.69) is 12.6 Å². The molecule has 1 rings (SSSR count). The lowest BCUT2D eigenvalue weighted by molar-refractivity contribution is -0.100. The molecule has 2 radical (unpaired) electrons. The molecule has 0 aromatic heterocycles. The van der Waals surface area contributed by atoms with Gasteiger partial charge < -0.3 is 23.3 Å². The van der Waals surface area contributed by atoms with E-state index in [1.807, 2.05) is 34.6 Å². The normalized spacial score (nSPS) is 28.3. The predicted molar refractivity (Wildman–Crippen MR) is 107 cm³/mol. The molecule has 0 spiro atoms. The first-order chi connectivity index (χ1) is 12.8. The van der Waals surface area contributed by atoms with Gasteiger partial charge in [0.2, 0.25) is 0 Å². The van der Waals surface area contributed by atoms with Crippen LogP contribution in [-0.2, 0) is 23.3 Å². The van der Waals surface area contributed by atoms with E-state index < -0.39 is 20.5 Å². The predicted octanol–water partition coefficient (Wildman–Crippen LogP) is 3.85. The topological polar surface area (TPSA) is 69.9 Å². The quantitative estimate of drug-likeness (QED) is 0.216. The molecule has 1 saturated heterocycles. The molecule has 0 aromatic carbocycles. The van der Waals surface area contributed by atoms with Crippen LogP contribution in [0.25, 0.3) is 0 Å². The Bertz CT molecular complexity index is 503. The zero-order chi connectivity index (χ0) is 20.6. The summed E-state index contributed by atoms with van der Waals surface area (Å²) in [6.45, 7) is 14.0. The van der Waals surface area contributed by atoms with E-state index in [1.54, 1.807) is 7.11 Å².